The van der Waals surface area contributed by atoms with Gasteiger partial charge in [-0.2, -0.15) is 0 Å². The number of hydrogen-bond donors (Lipinski definition) is 3. The third kappa shape index (κ3) is 4.46. The number of carbonyl (C=O) groups excluding carboxylic acids is 4. The standard InChI is InChI=1S/C20H21N3O8S/c1-11(24)30-9-13-10-32-19-20(31-15(26)8-21,18(29)23(19)16(13)17(27)28)22-14(25)7-12-5-3-2-4-6-12/h2-6,19H,7-10,21H2,1H3,(H,22,25)(H,27,28)/t19-,20?/m1/s1. The van der Waals surface area contributed by atoms with Crippen molar-refractivity contribution >= 4 is 41.5 Å². The molecule has 0 saturated carbocycles. The van der Waals surface area contributed by atoms with Crippen molar-refractivity contribution in [2.24, 2.45) is 5.73 Å². The van der Waals surface area contributed by atoms with Gasteiger partial charge in [0.25, 0.3) is 11.6 Å². The summed E-state index contributed by atoms with van der Waals surface area (Å²) in [5, 5.41) is 11.1. The van der Waals surface area contributed by atoms with Crippen LogP contribution < -0.4 is 11.1 Å². The van der Waals surface area contributed by atoms with Crippen molar-refractivity contribution in [1.29, 1.82) is 0 Å². The number of hydrogen-bond acceptors (Lipinski definition) is 9. The summed E-state index contributed by atoms with van der Waals surface area (Å²) in [5.74, 6) is -4.43. The number of esters is 2. The Labute approximate surface area is 186 Å². The lowest BCUT2D eigenvalue weighted by Gasteiger charge is -2.55. The number of nitrogens with two attached hydrogens (primary N) is 1. The largest absolute Gasteiger partial charge is 0.477 e. The summed E-state index contributed by atoms with van der Waals surface area (Å²) >= 11 is 1.07. The number of fused-ring (bicyclic) bond motifs is 1. The van der Waals surface area contributed by atoms with Crippen LogP contribution in [0.2, 0.25) is 0 Å². The number of benzene rings is 1. The number of thioether (sulfide) groups is 1. The molecule has 0 aromatic heterocycles. The molecule has 2 aliphatic rings. The van der Waals surface area contributed by atoms with Gasteiger partial charge in [-0.3, -0.25) is 24.1 Å². The van der Waals surface area contributed by atoms with E-state index in [4.69, 9.17) is 15.2 Å². The third-order valence-electron chi connectivity index (χ3n) is 4.74. The molecule has 2 amide bonds. The number of rotatable bonds is 8. The van der Waals surface area contributed by atoms with E-state index in [0.717, 1.165) is 16.7 Å². The highest BCUT2D eigenvalue weighted by Gasteiger charge is 2.68. The van der Waals surface area contributed by atoms with Gasteiger partial charge >= 0.3 is 17.9 Å². The summed E-state index contributed by atoms with van der Waals surface area (Å²) in [5.41, 5.74) is 3.72. The van der Waals surface area contributed by atoms with E-state index in [1.54, 1.807) is 30.3 Å². The molecule has 2 heterocycles. The Balaban J connectivity index is 1.89. The van der Waals surface area contributed by atoms with Crippen molar-refractivity contribution in [1.82, 2.24) is 10.2 Å². The molecule has 1 unspecified atom stereocenters. The van der Waals surface area contributed by atoms with Crippen molar-refractivity contribution in [3.8, 4) is 0 Å². The van der Waals surface area contributed by atoms with Crippen LogP contribution >= 0.6 is 11.8 Å². The molecule has 0 radical (unpaired) electrons. The number of carboxylic acid groups (broad SMARTS) is 1. The molecule has 32 heavy (non-hydrogen) atoms. The van der Waals surface area contributed by atoms with Crippen LogP contribution in [0.1, 0.15) is 12.5 Å². The van der Waals surface area contributed by atoms with E-state index >= 15 is 0 Å². The third-order valence-corrected chi connectivity index (χ3v) is 6.11. The minimum Gasteiger partial charge on any atom is -0.477 e. The molecule has 1 fully saturated rings. The van der Waals surface area contributed by atoms with Crippen LogP contribution in [0.3, 0.4) is 0 Å². The van der Waals surface area contributed by atoms with Crippen LogP contribution in [-0.2, 0) is 39.9 Å². The Morgan fingerprint density at radius 2 is 1.97 bits per heavy atom. The smallest absolute Gasteiger partial charge is 0.352 e. The Morgan fingerprint density at radius 1 is 1.28 bits per heavy atom. The zero-order chi connectivity index (χ0) is 23.5. The van der Waals surface area contributed by atoms with E-state index in [0.29, 0.717) is 5.56 Å². The van der Waals surface area contributed by atoms with Crippen molar-refractivity contribution in [3.63, 3.8) is 0 Å². The predicted molar refractivity (Wildman–Crippen MR) is 111 cm³/mol. The molecular formula is C20H21N3O8S. The number of carbonyl (C=O) groups is 5. The molecule has 0 aliphatic carbocycles. The lowest BCUT2D eigenvalue weighted by molar-refractivity contribution is -0.202. The SMILES string of the molecule is CC(=O)OCC1=C(C(=O)O)N2C(=O)C(NC(=O)Cc3ccccc3)(OC(=O)CN)[C@H]2SC1. The van der Waals surface area contributed by atoms with Crippen molar-refractivity contribution in [2.75, 3.05) is 18.9 Å². The van der Waals surface area contributed by atoms with E-state index in [2.05, 4.69) is 5.32 Å². The highest BCUT2D eigenvalue weighted by atomic mass is 32.2. The van der Waals surface area contributed by atoms with E-state index in [1.807, 2.05) is 0 Å². The van der Waals surface area contributed by atoms with Gasteiger partial charge in [0, 0.05) is 18.2 Å². The summed E-state index contributed by atoms with van der Waals surface area (Å²) in [6.45, 7) is 0.324. The van der Waals surface area contributed by atoms with Crippen LogP contribution in [0.4, 0.5) is 0 Å². The maximum Gasteiger partial charge on any atom is 0.352 e. The Morgan fingerprint density at radius 3 is 2.56 bits per heavy atom. The van der Waals surface area contributed by atoms with Crippen LogP contribution in [0, 0.1) is 0 Å². The molecule has 1 aromatic rings. The van der Waals surface area contributed by atoms with E-state index in [9.17, 15) is 29.1 Å². The van der Waals surface area contributed by atoms with Crippen LogP contribution in [0.5, 0.6) is 0 Å². The van der Waals surface area contributed by atoms with Crippen molar-refractivity contribution < 1.29 is 38.6 Å². The molecule has 2 aliphatic heterocycles. The Hall–Kier alpha value is -3.38. The second kappa shape index (κ2) is 9.40. The van der Waals surface area contributed by atoms with Gasteiger partial charge in [-0.25, -0.2) is 4.79 Å². The zero-order valence-electron chi connectivity index (χ0n) is 17.0. The van der Waals surface area contributed by atoms with Crippen LogP contribution in [0.15, 0.2) is 41.6 Å². The molecule has 0 bridgehead atoms. The fourth-order valence-electron chi connectivity index (χ4n) is 3.38. The molecule has 170 valence electrons. The average Bonchev–Trinajstić information content (AvgIpc) is 2.76. The second-order valence-corrected chi connectivity index (χ2v) is 8.07. The van der Waals surface area contributed by atoms with Gasteiger partial charge < -0.3 is 25.6 Å². The van der Waals surface area contributed by atoms with Crippen LogP contribution in [-0.4, -0.2) is 69.7 Å². The monoisotopic (exact) mass is 463 g/mol. The second-order valence-electron chi connectivity index (χ2n) is 7.00. The molecule has 4 N–H and O–H groups in total. The number of aliphatic carboxylic acids is 1. The van der Waals surface area contributed by atoms with Crippen molar-refractivity contribution in [2.45, 2.75) is 24.4 Å². The Bertz CT molecular complexity index is 996. The number of nitrogens with zero attached hydrogens (tertiary/aromatic N) is 1. The summed E-state index contributed by atoms with van der Waals surface area (Å²) in [6, 6.07) is 8.71. The summed E-state index contributed by atoms with van der Waals surface area (Å²) in [4.78, 5) is 61.7. The van der Waals surface area contributed by atoms with E-state index in [1.165, 1.54) is 6.92 Å². The average molecular weight is 463 g/mol. The fourth-order valence-corrected chi connectivity index (χ4v) is 4.75. The number of β-lactam (4-membered cyclic amide) rings is 1. The van der Waals surface area contributed by atoms with Gasteiger partial charge in [0.05, 0.1) is 13.0 Å². The van der Waals surface area contributed by atoms with E-state index < -0.39 is 47.4 Å². The normalized spacial score (nSPS) is 21.9. The van der Waals surface area contributed by atoms with Gasteiger partial charge in [0.15, 0.2) is 5.37 Å². The first kappa shape index (κ1) is 23.3. The first-order chi connectivity index (χ1) is 15.2. The molecule has 11 nitrogen and oxygen atoms in total. The topological polar surface area (TPSA) is 165 Å². The lowest BCUT2D eigenvalue weighted by Crippen LogP contribution is -2.81. The molecular weight excluding hydrogens is 442 g/mol. The minimum atomic E-state index is -2.10. The summed E-state index contributed by atoms with van der Waals surface area (Å²) < 4.78 is 10.2. The van der Waals surface area contributed by atoms with Crippen molar-refractivity contribution in [3.05, 3.63) is 47.2 Å². The van der Waals surface area contributed by atoms with Gasteiger partial charge in [0.2, 0.25) is 5.91 Å². The number of nitrogens with one attached hydrogen (secondary N) is 1. The fraction of sp³-hybridized carbons (Fsp3) is 0.350. The predicted octanol–water partition coefficient (Wildman–Crippen LogP) is -0.640. The molecule has 3 rings (SSSR count). The summed E-state index contributed by atoms with van der Waals surface area (Å²) in [7, 11) is 0. The van der Waals surface area contributed by atoms with Gasteiger partial charge in [-0.1, -0.05) is 30.3 Å². The highest BCUT2D eigenvalue weighted by molar-refractivity contribution is 8.00. The highest BCUT2D eigenvalue weighted by Crippen LogP contribution is 2.47. The molecule has 12 heteroatoms. The van der Waals surface area contributed by atoms with Gasteiger partial charge in [-0.15, -0.1) is 11.8 Å². The molecule has 1 aromatic carbocycles. The molecule has 0 spiro atoms. The number of ether oxygens (including phenoxy) is 2. The maximum absolute atomic E-state index is 13.1. The quantitative estimate of drug-likeness (QED) is 0.256. The summed E-state index contributed by atoms with van der Waals surface area (Å²) in [6.07, 6.45) is -0.0905. The van der Waals surface area contributed by atoms with E-state index in [-0.39, 0.29) is 30.1 Å². The van der Waals surface area contributed by atoms with Crippen LogP contribution in [0.25, 0.3) is 0 Å². The maximum atomic E-state index is 13.1. The number of amides is 2. The number of carboxylic acids is 1. The van der Waals surface area contributed by atoms with Gasteiger partial charge in [-0.05, 0) is 5.56 Å². The minimum absolute atomic E-state index is 0.0693. The van der Waals surface area contributed by atoms with Gasteiger partial charge in [0.1, 0.15) is 12.3 Å². The first-order valence-electron chi connectivity index (χ1n) is 9.50. The first-order valence-corrected chi connectivity index (χ1v) is 10.5. The Kier molecular flexibility index (Phi) is 6.84. The molecule has 1 saturated heterocycles. The lowest BCUT2D eigenvalue weighted by atomic mass is 9.97. The molecule has 2 atom stereocenters. The zero-order valence-corrected chi connectivity index (χ0v) is 17.8.